The van der Waals surface area contributed by atoms with Crippen molar-refractivity contribution in [2.45, 2.75) is 63.0 Å². The van der Waals surface area contributed by atoms with E-state index in [2.05, 4.69) is 5.32 Å². The minimum atomic E-state index is -1.38. The fourth-order valence-electron chi connectivity index (χ4n) is 4.39. The van der Waals surface area contributed by atoms with Gasteiger partial charge in [0.1, 0.15) is 52.7 Å². The zero-order valence-electron chi connectivity index (χ0n) is 22.5. The number of aromatic hydroxyl groups is 1. The van der Waals surface area contributed by atoms with E-state index in [1.807, 2.05) is 0 Å². The first-order valence-corrected chi connectivity index (χ1v) is 12.7. The van der Waals surface area contributed by atoms with Gasteiger partial charge in [0.2, 0.25) is 0 Å². The van der Waals surface area contributed by atoms with Crippen LogP contribution in [0.4, 0.5) is 11.4 Å². The fraction of sp³-hybridized carbons (Fsp3) is 0.556. The summed E-state index contributed by atoms with van der Waals surface area (Å²) in [7, 11) is 4.43. The first-order chi connectivity index (χ1) is 18.6. The van der Waals surface area contributed by atoms with Crippen LogP contribution in [0.2, 0.25) is 0 Å². The van der Waals surface area contributed by atoms with Crippen LogP contribution in [0.1, 0.15) is 24.5 Å². The van der Waals surface area contributed by atoms with E-state index < -0.39 is 36.8 Å². The molecule has 1 aliphatic heterocycles. The van der Waals surface area contributed by atoms with E-state index >= 15 is 0 Å². The Labute approximate surface area is 227 Å². The molecule has 39 heavy (non-hydrogen) atoms. The summed E-state index contributed by atoms with van der Waals surface area (Å²) in [4.78, 5) is 0. The van der Waals surface area contributed by atoms with Crippen molar-refractivity contribution in [3.05, 3.63) is 35.4 Å². The number of hydrogen-bond acceptors (Lipinski definition) is 12. The van der Waals surface area contributed by atoms with Crippen LogP contribution in [-0.4, -0.2) is 102 Å². The molecule has 2 aromatic rings. The minimum absolute atomic E-state index is 0.0562. The van der Waals surface area contributed by atoms with E-state index in [0.29, 0.717) is 46.9 Å². The van der Waals surface area contributed by atoms with Crippen LogP contribution in [0.5, 0.6) is 23.0 Å². The summed E-state index contributed by atoms with van der Waals surface area (Å²) < 4.78 is 27.6. The normalized spacial score (nSPS) is 23.8. The van der Waals surface area contributed by atoms with Crippen molar-refractivity contribution in [1.82, 2.24) is 0 Å². The van der Waals surface area contributed by atoms with Gasteiger partial charge in [0.05, 0.1) is 46.8 Å². The Morgan fingerprint density at radius 1 is 0.923 bits per heavy atom. The fourth-order valence-corrected chi connectivity index (χ4v) is 4.39. The predicted octanol–water partition coefficient (Wildman–Crippen LogP) is 0.834. The first-order valence-electron chi connectivity index (χ1n) is 12.7. The molecule has 0 saturated carbocycles. The highest BCUT2D eigenvalue weighted by Gasteiger charge is 2.42. The molecule has 0 amide bonds. The molecule has 0 aliphatic carbocycles. The number of aryl methyl sites for hydroxylation is 1. The number of hydrogen-bond donors (Lipinski definition) is 7. The highest BCUT2D eigenvalue weighted by atomic mass is 16.7. The largest absolute Gasteiger partial charge is 0.505 e. The summed E-state index contributed by atoms with van der Waals surface area (Å²) in [6.45, 7) is 1.36. The average molecular weight is 554 g/mol. The maximum atomic E-state index is 11.1. The Balaban J connectivity index is 1.76. The third kappa shape index (κ3) is 7.22. The Morgan fingerprint density at radius 3 is 2.15 bits per heavy atom. The Morgan fingerprint density at radius 2 is 1.56 bits per heavy atom. The van der Waals surface area contributed by atoms with Crippen molar-refractivity contribution in [1.29, 1.82) is 0 Å². The van der Waals surface area contributed by atoms with Crippen LogP contribution in [0.25, 0.3) is 0 Å². The van der Waals surface area contributed by atoms with Crippen LogP contribution in [-0.2, 0) is 22.3 Å². The van der Waals surface area contributed by atoms with Gasteiger partial charge in [-0.1, -0.05) is 6.07 Å². The zero-order valence-corrected chi connectivity index (χ0v) is 22.5. The maximum absolute atomic E-state index is 11.1. The van der Waals surface area contributed by atoms with Crippen LogP contribution in [0, 0.1) is 0 Å². The molecule has 0 radical (unpaired) electrons. The Hall–Kier alpha value is -2.84. The number of phenolic OH excluding ortho intramolecular Hbond substituents is 1. The number of methoxy groups -OCH3 is 3. The van der Waals surface area contributed by atoms with Crippen LogP contribution >= 0.6 is 0 Å². The minimum Gasteiger partial charge on any atom is -0.505 e. The standard InChI is InChI=1S/C27H39NO11/c1-14-23(31)25(33)26(34)27(39-14)38-9-5-6-16-7-8-18(35-2)22(24(16)32)28-21-19(36-3)11-15(10-17(30)13-29)12-20(21)37-4/h7-8,11-12,14,17,23,25-34H,5-6,9-10,13H2,1-4H3. The molecular weight excluding hydrogens is 514 g/mol. The van der Waals surface area contributed by atoms with E-state index in [-0.39, 0.29) is 31.1 Å². The van der Waals surface area contributed by atoms with Crippen molar-refractivity contribution in [2.75, 3.05) is 39.9 Å². The highest BCUT2D eigenvalue weighted by molar-refractivity contribution is 5.80. The summed E-state index contributed by atoms with van der Waals surface area (Å²) in [5.41, 5.74) is 1.99. The van der Waals surface area contributed by atoms with Gasteiger partial charge in [-0.3, -0.25) is 0 Å². The van der Waals surface area contributed by atoms with Gasteiger partial charge in [-0.2, -0.15) is 0 Å². The monoisotopic (exact) mass is 553 g/mol. The lowest BCUT2D eigenvalue weighted by Crippen LogP contribution is -2.57. The van der Waals surface area contributed by atoms with Crippen LogP contribution < -0.4 is 19.5 Å². The summed E-state index contributed by atoms with van der Waals surface area (Å²) >= 11 is 0. The summed E-state index contributed by atoms with van der Waals surface area (Å²) in [6, 6.07) is 6.83. The smallest absolute Gasteiger partial charge is 0.186 e. The van der Waals surface area contributed by atoms with Crippen molar-refractivity contribution in [3.63, 3.8) is 0 Å². The van der Waals surface area contributed by atoms with Gasteiger partial charge in [0.25, 0.3) is 0 Å². The molecule has 1 fully saturated rings. The molecule has 7 N–H and O–H groups in total. The zero-order chi connectivity index (χ0) is 28.7. The molecule has 6 atom stereocenters. The summed E-state index contributed by atoms with van der Waals surface area (Å²) in [5, 5.41) is 63.2. The van der Waals surface area contributed by atoms with E-state index in [4.69, 9.17) is 23.7 Å². The van der Waals surface area contributed by atoms with Crippen LogP contribution in [0.15, 0.2) is 24.3 Å². The molecule has 12 nitrogen and oxygen atoms in total. The van der Waals surface area contributed by atoms with Gasteiger partial charge >= 0.3 is 0 Å². The quantitative estimate of drug-likeness (QED) is 0.137. The second-order valence-electron chi connectivity index (χ2n) is 9.35. The van der Waals surface area contributed by atoms with Crippen molar-refractivity contribution < 1.29 is 54.3 Å². The number of aliphatic hydroxyl groups excluding tert-OH is 5. The number of nitrogens with one attached hydrogen (secondary N) is 1. The molecule has 1 heterocycles. The number of rotatable bonds is 13. The molecular formula is C27H39NO11. The lowest BCUT2D eigenvalue weighted by Gasteiger charge is -2.38. The van der Waals surface area contributed by atoms with Gasteiger partial charge in [-0.15, -0.1) is 0 Å². The Bertz CT molecular complexity index is 1060. The molecule has 0 spiro atoms. The number of ether oxygens (including phenoxy) is 5. The molecule has 1 saturated heterocycles. The second-order valence-corrected chi connectivity index (χ2v) is 9.35. The predicted molar refractivity (Wildman–Crippen MR) is 141 cm³/mol. The number of benzene rings is 2. The molecule has 1 aliphatic rings. The maximum Gasteiger partial charge on any atom is 0.186 e. The van der Waals surface area contributed by atoms with E-state index in [1.165, 1.54) is 21.3 Å². The van der Waals surface area contributed by atoms with Crippen LogP contribution in [0.3, 0.4) is 0 Å². The molecule has 12 heteroatoms. The molecule has 0 aromatic heterocycles. The van der Waals surface area contributed by atoms with E-state index in [0.717, 1.165) is 0 Å². The van der Waals surface area contributed by atoms with E-state index in [1.54, 1.807) is 31.2 Å². The van der Waals surface area contributed by atoms with Crippen molar-refractivity contribution >= 4 is 11.4 Å². The van der Waals surface area contributed by atoms with Gasteiger partial charge in [-0.25, -0.2) is 0 Å². The topological polar surface area (TPSA) is 180 Å². The lowest BCUT2D eigenvalue weighted by atomic mass is 10.00. The lowest BCUT2D eigenvalue weighted by molar-refractivity contribution is -0.293. The molecule has 3 rings (SSSR count). The second kappa shape index (κ2) is 14.0. The average Bonchev–Trinajstić information content (AvgIpc) is 2.94. The molecule has 6 unspecified atom stereocenters. The Kier molecular flexibility index (Phi) is 11.0. The summed E-state index contributed by atoms with van der Waals surface area (Å²) in [6.07, 6.45) is -5.63. The van der Waals surface area contributed by atoms with Gasteiger partial charge < -0.3 is 59.6 Å². The van der Waals surface area contributed by atoms with Gasteiger partial charge in [-0.05, 0) is 49.1 Å². The SMILES string of the molecule is COc1cc(CC(O)CO)cc(OC)c1Nc1c(OC)ccc(CCCOC2OC(C)C(O)C(O)C2O)c1O. The third-order valence-corrected chi connectivity index (χ3v) is 6.62. The number of aliphatic hydroxyl groups is 5. The molecule has 218 valence electrons. The highest BCUT2D eigenvalue weighted by Crippen LogP contribution is 2.45. The van der Waals surface area contributed by atoms with Gasteiger partial charge in [0.15, 0.2) is 6.29 Å². The van der Waals surface area contributed by atoms with Crippen molar-refractivity contribution in [2.24, 2.45) is 0 Å². The third-order valence-electron chi connectivity index (χ3n) is 6.62. The molecule has 2 aromatic carbocycles. The summed E-state index contributed by atoms with van der Waals surface area (Å²) in [5.74, 6) is 1.10. The number of anilines is 2. The first kappa shape index (κ1) is 30.7. The van der Waals surface area contributed by atoms with E-state index in [9.17, 15) is 30.6 Å². The van der Waals surface area contributed by atoms with Gasteiger partial charge in [0, 0.05) is 6.42 Å². The van der Waals surface area contributed by atoms with Crippen molar-refractivity contribution in [3.8, 4) is 23.0 Å². The molecule has 0 bridgehead atoms. The number of phenols is 1.